The van der Waals surface area contributed by atoms with Gasteiger partial charge in [-0.25, -0.2) is 0 Å². The average Bonchev–Trinajstić information content (AvgIpc) is 3.08. The summed E-state index contributed by atoms with van der Waals surface area (Å²) < 4.78 is 4.77. The number of hydrogen-bond acceptors (Lipinski definition) is 3. The zero-order valence-electron chi connectivity index (χ0n) is 26.0. The Morgan fingerprint density at radius 3 is 2.20 bits per heavy atom. The van der Waals surface area contributed by atoms with Crippen LogP contribution in [0.15, 0.2) is 72.6 Å². The number of benzene rings is 3. The number of pyridine rings is 1. The van der Waals surface area contributed by atoms with E-state index in [0.717, 1.165) is 11.3 Å². The predicted octanol–water partition coefficient (Wildman–Crippen LogP) is 7.38. The Morgan fingerprint density at radius 2 is 1.63 bits per heavy atom. The first-order valence-electron chi connectivity index (χ1n) is 14.0. The third kappa shape index (κ3) is 6.99. The molecule has 0 spiro atoms. The van der Waals surface area contributed by atoms with Gasteiger partial charge in [0.25, 0.3) is 0 Å². The molecule has 4 aromatic rings. The molecule has 0 bridgehead atoms. The third-order valence-electron chi connectivity index (χ3n) is 7.68. The van der Waals surface area contributed by atoms with Crippen molar-refractivity contribution in [2.45, 2.75) is 68.8 Å². The zero-order chi connectivity index (χ0) is 29.6. The predicted molar refractivity (Wildman–Crippen MR) is 177 cm³/mol. The van der Waals surface area contributed by atoms with Crippen LogP contribution in [0.1, 0.15) is 40.2 Å². The van der Waals surface area contributed by atoms with E-state index in [2.05, 4.69) is 110 Å². The molecular weight excluding hydrogens is 804 g/mol. The first-order valence-corrected chi connectivity index (χ1v) is 27.6. The van der Waals surface area contributed by atoms with Crippen molar-refractivity contribution in [2.75, 3.05) is 0 Å². The molecule has 0 atom stereocenters. The molecule has 5 rings (SSSR count). The van der Waals surface area contributed by atoms with E-state index in [1.165, 1.54) is 51.8 Å². The van der Waals surface area contributed by atoms with E-state index in [0.29, 0.717) is 0 Å². The van der Waals surface area contributed by atoms with Gasteiger partial charge < -0.3 is 5.11 Å². The molecule has 41 heavy (non-hydrogen) atoms. The van der Waals surface area contributed by atoms with Gasteiger partial charge in [0.05, 0.1) is 5.76 Å². The number of aromatic nitrogens is 1. The fraction of sp³-hybridized carbons (Fsp3) is 0.314. The van der Waals surface area contributed by atoms with Crippen LogP contribution in [-0.2, 0) is 30.3 Å². The number of carbonyl (C=O) groups excluding carboxylic acids is 1. The summed E-state index contributed by atoms with van der Waals surface area (Å²) in [4.78, 5) is 15.0. The van der Waals surface area contributed by atoms with Crippen LogP contribution in [-0.4, -0.2) is 42.4 Å². The summed E-state index contributed by atoms with van der Waals surface area (Å²) in [6.07, 6.45) is 3.18. The molecule has 217 valence electrons. The summed E-state index contributed by atoms with van der Waals surface area (Å²) in [6, 6.07) is 24.5. The fourth-order valence-corrected chi connectivity index (χ4v) is 15.8. The SMILES string of the molecule is CC(=O)/C=C(/C)O.CC(C)(C)c1cc(-c2nccc3[c]2[Ge]([CH3])([CH3])[c]2c[c]([Ge]([CH3])([CH3])[CH3])ccc2-3)[c-]c2ccccc12.[Ir]. The molecule has 1 aliphatic heterocycles. The Kier molecular flexibility index (Phi) is 10.1. The van der Waals surface area contributed by atoms with Crippen molar-refractivity contribution in [3.05, 3.63) is 84.3 Å². The Bertz CT molecular complexity index is 1640. The summed E-state index contributed by atoms with van der Waals surface area (Å²) in [7, 11) is 0. The molecule has 6 heteroatoms. The Balaban J connectivity index is 0.000000516. The van der Waals surface area contributed by atoms with Crippen molar-refractivity contribution in [2.24, 2.45) is 0 Å². The quantitative estimate of drug-likeness (QED) is 0.101. The van der Waals surface area contributed by atoms with Crippen LogP contribution in [0.25, 0.3) is 33.2 Å². The monoisotopic (exact) mass is 849 g/mol. The van der Waals surface area contributed by atoms with Gasteiger partial charge in [-0.1, -0.05) is 0 Å². The van der Waals surface area contributed by atoms with E-state index >= 15 is 0 Å². The van der Waals surface area contributed by atoms with E-state index < -0.39 is 26.5 Å². The number of allylic oxidation sites excluding steroid dienone is 2. The molecule has 0 aliphatic carbocycles. The van der Waals surface area contributed by atoms with Crippen molar-refractivity contribution in [1.29, 1.82) is 0 Å². The third-order valence-corrected chi connectivity index (χ3v) is 19.3. The van der Waals surface area contributed by atoms with Crippen molar-refractivity contribution in [3.8, 4) is 22.4 Å². The van der Waals surface area contributed by atoms with Gasteiger partial charge >= 0.3 is 205 Å². The molecular formula is C35H42Ge2IrNO2-. The summed E-state index contributed by atoms with van der Waals surface area (Å²) in [5, 5.41) is 10.8. The van der Waals surface area contributed by atoms with Crippen molar-refractivity contribution < 1.29 is 30.0 Å². The number of ketones is 1. The maximum absolute atomic E-state index is 10.0. The molecule has 0 fully saturated rings. The number of aliphatic hydroxyl groups excluding tert-OH is 1. The van der Waals surface area contributed by atoms with Gasteiger partial charge in [0.2, 0.25) is 0 Å². The molecule has 3 nitrogen and oxygen atoms in total. The topological polar surface area (TPSA) is 50.2 Å². The summed E-state index contributed by atoms with van der Waals surface area (Å²) in [6.45, 7) is 9.76. The second kappa shape index (κ2) is 12.3. The van der Waals surface area contributed by atoms with Crippen LogP contribution >= 0.6 is 0 Å². The zero-order valence-corrected chi connectivity index (χ0v) is 32.6. The van der Waals surface area contributed by atoms with Gasteiger partial charge in [0.15, 0.2) is 5.78 Å². The largest absolute Gasteiger partial charge is 0 e. The molecule has 1 aliphatic rings. The summed E-state index contributed by atoms with van der Waals surface area (Å²) in [5.41, 5.74) is 6.59. The first-order chi connectivity index (χ1) is 18.5. The number of rotatable bonds is 3. The van der Waals surface area contributed by atoms with Crippen molar-refractivity contribution in [1.82, 2.24) is 4.98 Å². The van der Waals surface area contributed by atoms with Crippen LogP contribution in [0.2, 0.25) is 28.8 Å². The van der Waals surface area contributed by atoms with Gasteiger partial charge in [-0.3, -0.25) is 4.79 Å². The van der Waals surface area contributed by atoms with E-state index in [1.54, 1.807) is 8.79 Å². The molecule has 1 N–H and O–H groups in total. The molecule has 2 heterocycles. The van der Waals surface area contributed by atoms with E-state index in [4.69, 9.17) is 10.1 Å². The van der Waals surface area contributed by atoms with Crippen LogP contribution in [0, 0.1) is 6.07 Å². The van der Waals surface area contributed by atoms with Gasteiger partial charge in [0, 0.05) is 26.2 Å². The standard InChI is InChI=1S/C30H34Ge2N.C5H8O2.Ir/c1-30(2,3)26-18-21(17-20-11-9-10-12-23(20)26)29-28-25(15-16-33-29)24-14-13-22(31(4,5)6)19-27(24)32(28,7)8;1-4(6)3-5(2)7;/h9-16,18-19H,1-8H3;3,6H,1-2H3;/q-1;;/b;4-3-;. The minimum Gasteiger partial charge on any atom is 0 e. The summed E-state index contributed by atoms with van der Waals surface area (Å²) in [5.74, 6) is 12.5. The molecule has 0 saturated heterocycles. The summed E-state index contributed by atoms with van der Waals surface area (Å²) >= 11 is -4.44. The van der Waals surface area contributed by atoms with E-state index in [9.17, 15) is 4.79 Å². The van der Waals surface area contributed by atoms with Crippen LogP contribution in [0.3, 0.4) is 0 Å². The van der Waals surface area contributed by atoms with Crippen LogP contribution < -0.4 is 13.2 Å². The maximum Gasteiger partial charge on any atom is 0 e. The number of fused-ring (bicyclic) bond motifs is 4. The number of carbonyl (C=O) groups is 1. The number of aliphatic hydroxyl groups is 1. The van der Waals surface area contributed by atoms with Crippen LogP contribution in [0.5, 0.6) is 0 Å². The normalized spacial score (nSPS) is 14.0. The minimum absolute atomic E-state index is 0. The van der Waals surface area contributed by atoms with E-state index in [-0.39, 0.29) is 37.1 Å². The minimum atomic E-state index is -2.53. The maximum atomic E-state index is 10.0. The fourth-order valence-electron chi connectivity index (χ4n) is 5.69. The van der Waals surface area contributed by atoms with Crippen molar-refractivity contribution >= 4 is 56.3 Å². The number of nitrogens with zero attached hydrogens (tertiary/aromatic N) is 1. The molecule has 0 unspecified atom stereocenters. The first kappa shape index (κ1) is 33.5. The Labute approximate surface area is 265 Å². The molecule has 0 amide bonds. The van der Waals surface area contributed by atoms with Gasteiger partial charge in [-0.2, -0.15) is 0 Å². The molecule has 3 aromatic carbocycles. The molecule has 1 radical (unpaired) electrons. The van der Waals surface area contributed by atoms with Crippen LogP contribution in [0.4, 0.5) is 0 Å². The Morgan fingerprint density at radius 1 is 0.976 bits per heavy atom. The van der Waals surface area contributed by atoms with Gasteiger partial charge in [-0.05, 0) is 13.8 Å². The smallest absolute Gasteiger partial charge is 0 e. The Hall–Kier alpha value is -1.98. The second-order valence-corrected chi connectivity index (χ2v) is 33.2. The molecule has 0 saturated carbocycles. The van der Waals surface area contributed by atoms with Gasteiger partial charge in [-0.15, -0.1) is 0 Å². The molecule has 1 aromatic heterocycles. The second-order valence-electron chi connectivity index (χ2n) is 13.5. The van der Waals surface area contributed by atoms with Crippen molar-refractivity contribution in [3.63, 3.8) is 0 Å². The van der Waals surface area contributed by atoms with E-state index in [1.807, 2.05) is 6.20 Å². The average molecular weight is 846 g/mol. The number of hydrogen-bond donors (Lipinski definition) is 1. The van der Waals surface area contributed by atoms with Gasteiger partial charge in [0.1, 0.15) is 0 Å².